The minimum absolute atomic E-state index is 0.0716. The van der Waals surface area contributed by atoms with Gasteiger partial charge in [-0.3, -0.25) is 13.9 Å². The summed E-state index contributed by atoms with van der Waals surface area (Å²) in [5, 5.41) is 3.41. The standard InChI is InChI=1S/C30H36ClN3O4S/c1-21-13-15-27(16-14-21)39(37,38)34(26-12-7-9-22(2)17-26)20-28(35)33(19-24-10-8-11-25(31)18-24)23(3)29(36)32-30(4,5)6/h7-18,23H,19-20H2,1-6H3,(H,32,36)/t23-/m0/s1. The number of benzene rings is 3. The Morgan fingerprint density at radius 3 is 2.15 bits per heavy atom. The molecule has 0 radical (unpaired) electrons. The third kappa shape index (κ3) is 8.07. The first-order valence-electron chi connectivity index (χ1n) is 12.7. The molecule has 1 N–H and O–H groups in total. The Bertz CT molecular complexity index is 1430. The van der Waals surface area contributed by atoms with Crippen LogP contribution in [0.3, 0.4) is 0 Å². The Hall–Kier alpha value is -3.36. The van der Waals surface area contributed by atoms with Crippen molar-refractivity contribution in [1.29, 1.82) is 0 Å². The highest BCUT2D eigenvalue weighted by Crippen LogP contribution is 2.26. The van der Waals surface area contributed by atoms with E-state index in [4.69, 9.17) is 11.6 Å². The van der Waals surface area contributed by atoms with Crippen molar-refractivity contribution in [2.24, 2.45) is 0 Å². The first kappa shape index (κ1) is 30.2. The quantitative estimate of drug-likeness (QED) is 0.369. The number of aryl methyl sites for hydroxylation is 2. The fourth-order valence-electron chi connectivity index (χ4n) is 4.04. The van der Waals surface area contributed by atoms with E-state index < -0.39 is 34.1 Å². The molecule has 0 saturated carbocycles. The van der Waals surface area contributed by atoms with E-state index in [1.54, 1.807) is 55.5 Å². The Morgan fingerprint density at radius 1 is 0.923 bits per heavy atom. The van der Waals surface area contributed by atoms with Gasteiger partial charge in [-0.15, -0.1) is 0 Å². The number of amides is 2. The number of carbonyl (C=O) groups is 2. The molecule has 0 aliphatic heterocycles. The highest BCUT2D eigenvalue weighted by atomic mass is 35.5. The maximum absolute atomic E-state index is 14.0. The lowest BCUT2D eigenvalue weighted by molar-refractivity contribution is -0.140. The van der Waals surface area contributed by atoms with Gasteiger partial charge in [-0.05, 0) is 89.1 Å². The molecule has 0 bridgehead atoms. The lowest BCUT2D eigenvalue weighted by Gasteiger charge is -2.33. The van der Waals surface area contributed by atoms with E-state index in [1.807, 2.05) is 46.8 Å². The SMILES string of the molecule is Cc1ccc(S(=O)(=O)N(CC(=O)N(Cc2cccc(Cl)c2)[C@@H](C)C(=O)NC(C)(C)C)c2cccc(C)c2)cc1. The molecule has 7 nitrogen and oxygen atoms in total. The number of hydrogen-bond donors (Lipinski definition) is 1. The lowest BCUT2D eigenvalue weighted by atomic mass is 10.1. The van der Waals surface area contributed by atoms with Gasteiger partial charge in [-0.25, -0.2) is 8.42 Å². The topological polar surface area (TPSA) is 86.8 Å². The second-order valence-corrected chi connectivity index (χ2v) is 13.0. The number of nitrogens with zero attached hydrogens (tertiary/aromatic N) is 2. The average molecular weight is 570 g/mol. The van der Waals surface area contributed by atoms with Crippen molar-refractivity contribution in [3.05, 3.63) is 94.5 Å². The molecule has 0 aliphatic carbocycles. The number of sulfonamides is 1. The van der Waals surface area contributed by atoms with Crippen LogP contribution >= 0.6 is 11.6 Å². The summed E-state index contributed by atoms with van der Waals surface area (Å²) in [6.07, 6.45) is 0. The number of hydrogen-bond acceptors (Lipinski definition) is 4. The molecule has 0 saturated heterocycles. The number of nitrogens with one attached hydrogen (secondary N) is 1. The van der Waals surface area contributed by atoms with Crippen molar-refractivity contribution in [2.75, 3.05) is 10.8 Å². The van der Waals surface area contributed by atoms with Crippen molar-refractivity contribution in [3.8, 4) is 0 Å². The van der Waals surface area contributed by atoms with Crippen LogP contribution in [-0.4, -0.2) is 43.3 Å². The molecule has 3 aromatic rings. The molecule has 0 fully saturated rings. The van der Waals surface area contributed by atoms with Crippen molar-refractivity contribution >= 4 is 39.1 Å². The first-order chi connectivity index (χ1) is 18.2. The van der Waals surface area contributed by atoms with E-state index in [1.165, 1.54) is 17.0 Å². The van der Waals surface area contributed by atoms with Crippen molar-refractivity contribution < 1.29 is 18.0 Å². The molecule has 0 unspecified atom stereocenters. The van der Waals surface area contributed by atoms with Crippen LogP contribution < -0.4 is 9.62 Å². The molecule has 0 aromatic heterocycles. The second kappa shape index (κ2) is 12.2. The van der Waals surface area contributed by atoms with Crippen LogP contribution in [0.15, 0.2) is 77.7 Å². The summed E-state index contributed by atoms with van der Waals surface area (Å²) in [6, 6.07) is 19.6. The van der Waals surface area contributed by atoms with E-state index in [0.717, 1.165) is 21.0 Å². The van der Waals surface area contributed by atoms with E-state index >= 15 is 0 Å². The lowest BCUT2D eigenvalue weighted by Crippen LogP contribution is -2.54. The van der Waals surface area contributed by atoms with Gasteiger partial charge in [0.25, 0.3) is 10.0 Å². The summed E-state index contributed by atoms with van der Waals surface area (Å²) < 4.78 is 28.8. The predicted octanol–water partition coefficient (Wildman–Crippen LogP) is 5.48. The first-order valence-corrected chi connectivity index (χ1v) is 14.5. The molecular formula is C30H36ClN3O4S. The van der Waals surface area contributed by atoms with Gasteiger partial charge in [-0.1, -0.05) is 53.6 Å². The molecule has 9 heteroatoms. The van der Waals surface area contributed by atoms with Crippen LogP contribution in [0.1, 0.15) is 44.4 Å². The van der Waals surface area contributed by atoms with E-state index in [-0.39, 0.29) is 17.3 Å². The van der Waals surface area contributed by atoms with E-state index in [9.17, 15) is 18.0 Å². The van der Waals surface area contributed by atoms with Gasteiger partial charge < -0.3 is 10.2 Å². The Balaban J connectivity index is 2.04. The molecule has 2 amide bonds. The van der Waals surface area contributed by atoms with E-state index in [0.29, 0.717) is 10.7 Å². The molecule has 0 spiro atoms. The van der Waals surface area contributed by atoms with E-state index in [2.05, 4.69) is 5.32 Å². The molecule has 0 heterocycles. The van der Waals surface area contributed by atoms with Crippen LogP contribution in [0.5, 0.6) is 0 Å². The van der Waals surface area contributed by atoms with Gasteiger partial charge in [-0.2, -0.15) is 0 Å². The summed E-state index contributed by atoms with van der Waals surface area (Å²) in [6.45, 7) is 10.5. The number of carbonyl (C=O) groups excluding carboxylic acids is 2. The monoisotopic (exact) mass is 569 g/mol. The van der Waals surface area contributed by atoms with Gasteiger partial charge in [0.2, 0.25) is 11.8 Å². The highest BCUT2D eigenvalue weighted by molar-refractivity contribution is 7.92. The van der Waals surface area contributed by atoms with Gasteiger partial charge in [0, 0.05) is 17.1 Å². The molecule has 3 rings (SSSR count). The maximum Gasteiger partial charge on any atom is 0.264 e. The van der Waals surface area contributed by atoms with Gasteiger partial charge in [0.15, 0.2) is 0 Å². The van der Waals surface area contributed by atoms with Crippen molar-refractivity contribution in [1.82, 2.24) is 10.2 Å². The smallest absolute Gasteiger partial charge is 0.264 e. The average Bonchev–Trinajstić information content (AvgIpc) is 2.84. The third-order valence-corrected chi connectivity index (χ3v) is 8.11. The van der Waals surface area contributed by atoms with Crippen LogP contribution in [0.2, 0.25) is 5.02 Å². The normalized spacial score (nSPS) is 12.5. The van der Waals surface area contributed by atoms with Crippen LogP contribution in [0, 0.1) is 13.8 Å². The summed E-state index contributed by atoms with van der Waals surface area (Å²) in [5.41, 5.74) is 2.32. The Morgan fingerprint density at radius 2 is 1.56 bits per heavy atom. The number of anilines is 1. The predicted molar refractivity (Wildman–Crippen MR) is 156 cm³/mol. The fourth-order valence-corrected chi connectivity index (χ4v) is 5.66. The summed E-state index contributed by atoms with van der Waals surface area (Å²) >= 11 is 6.18. The van der Waals surface area contributed by atoms with Crippen LogP contribution in [-0.2, 0) is 26.2 Å². The second-order valence-electron chi connectivity index (χ2n) is 10.7. The highest BCUT2D eigenvalue weighted by Gasteiger charge is 2.33. The van der Waals surface area contributed by atoms with Crippen molar-refractivity contribution in [3.63, 3.8) is 0 Å². The largest absolute Gasteiger partial charge is 0.350 e. The zero-order chi connectivity index (χ0) is 29.0. The fraction of sp³-hybridized carbons (Fsp3) is 0.333. The summed E-state index contributed by atoms with van der Waals surface area (Å²) in [5.74, 6) is -0.870. The number of rotatable bonds is 9. The zero-order valence-electron chi connectivity index (χ0n) is 23.2. The maximum atomic E-state index is 14.0. The molecule has 3 aromatic carbocycles. The van der Waals surface area contributed by atoms with Crippen molar-refractivity contribution in [2.45, 2.75) is 64.6 Å². The summed E-state index contributed by atoms with van der Waals surface area (Å²) in [7, 11) is -4.11. The zero-order valence-corrected chi connectivity index (χ0v) is 24.8. The molecule has 0 aliphatic rings. The molecular weight excluding hydrogens is 534 g/mol. The van der Waals surface area contributed by atoms with Crippen LogP contribution in [0.4, 0.5) is 5.69 Å². The third-order valence-electron chi connectivity index (χ3n) is 6.08. The van der Waals surface area contributed by atoms with Crippen LogP contribution in [0.25, 0.3) is 0 Å². The van der Waals surface area contributed by atoms with Gasteiger partial charge >= 0.3 is 0 Å². The summed E-state index contributed by atoms with van der Waals surface area (Å²) in [4.78, 5) is 28.6. The molecule has 39 heavy (non-hydrogen) atoms. The van der Waals surface area contributed by atoms with Gasteiger partial charge in [0.05, 0.1) is 10.6 Å². The number of halogens is 1. The minimum atomic E-state index is -4.11. The Labute approximate surface area is 236 Å². The molecule has 1 atom stereocenters. The minimum Gasteiger partial charge on any atom is -0.350 e. The van der Waals surface area contributed by atoms with Gasteiger partial charge in [0.1, 0.15) is 12.6 Å². The molecule has 208 valence electrons. The Kier molecular flexibility index (Phi) is 9.46.